The van der Waals surface area contributed by atoms with E-state index >= 15 is 0 Å². The Morgan fingerprint density at radius 2 is 1.63 bits per heavy atom. The van der Waals surface area contributed by atoms with E-state index in [4.69, 9.17) is 0 Å². The van der Waals surface area contributed by atoms with Gasteiger partial charge in [0.05, 0.1) is 0 Å². The molecule has 2 heteroatoms. The minimum absolute atomic E-state index is 0.815. The van der Waals surface area contributed by atoms with Gasteiger partial charge in [0.1, 0.15) is 0 Å². The average molecular weight is 264 g/mol. The summed E-state index contributed by atoms with van der Waals surface area (Å²) in [6.45, 7) is 6.46. The lowest BCUT2D eigenvalue weighted by Gasteiger charge is -2.41. The highest BCUT2D eigenvalue weighted by Gasteiger charge is 2.29. The molecule has 2 aliphatic carbocycles. The summed E-state index contributed by atoms with van der Waals surface area (Å²) < 4.78 is 0. The normalized spacial score (nSPS) is 29.5. The SMILES string of the molecule is CC(C1CCCCC1)N1CCC(NCC2CC2)CC1. The first-order valence-electron chi connectivity index (χ1n) is 8.80. The van der Waals surface area contributed by atoms with Gasteiger partial charge in [-0.1, -0.05) is 19.3 Å². The van der Waals surface area contributed by atoms with Gasteiger partial charge in [-0.05, 0) is 76.9 Å². The molecule has 110 valence electrons. The summed E-state index contributed by atoms with van der Waals surface area (Å²) in [5, 5.41) is 3.80. The number of nitrogens with one attached hydrogen (secondary N) is 1. The van der Waals surface area contributed by atoms with E-state index in [1.54, 1.807) is 0 Å². The summed E-state index contributed by atoms with van der Waals surface area (Å²) in [5.41, 5.74) is 0. The molecule has 2 saturated carbocycles. The predicted molar refractivity (Wildman–Crippen MR) is 81.4 cm³/mol. The lowest BCUT2D eigenvalue weighted by molar-refractivity contribution is 0.0968. The van der Waals surface area contributed by atoms with E-state index < -0.39 is 0 Å². The van der Waals surface area contributed by atoms with E-state index in [2.05, 4.69) is 17.1 Å². The van der Waals surface area contributed by atoms with Gasteiger partial charge in [0.2, 0.25) is 0 Å². The Hall–Kier alpha value is -0.0800. The van der Waals surface area contributed by atoms with Crippen molar-refractivity contribution < 1.29 is 0 Å². The third-order valence-electron chi connectivity index (χ3n) is 5.83. The maximum absolute atomic E-state index is 3.80. The molecular weight excluding hydrogens is 232 g/mol. The van der Waals surface area contributed by atoms with Crippen LogP contribution in [0.4, 0.5) is 0 Å². The highest BCUT2D eigenvalue weighted by Crippen LogP contribution is 2.31. The van der Waals surface area contributed by atoms with Crippen LogP contribution in [-0.4, -0.2) is 36.6 Å². The molecule has 1 atom stereocenters. The quantitative estimate of drug-likeness (QED) is 0.818. The maximum atomic E-state index is 3.80. The van der Waals surface area contributed by atoms with Crippen LogP contribution in [0.5, 0.6) is 0 Å². The molecule has 0 aromatic heterocycles. The standard InChI is InChI=1S/C17H32N2/c1-14(16-5-3-2-4-6-16)19-11-9-17(10-12-19)18-13-15-7-8-15/h14-18H,2-13H2,1H3. The van der Waals surface area contributed by atoms with Crippen molar-refractivity contribution in [2.45, 2.75) is 76.8 Å². The number of nitrogens with zero attached hydrogens (tertiary/aromatic N) is 1. The molecule has 3 fully saturated rings. The van der Waals surface area contributed by atoms with Gasteiger partial charge in [-0.2, -0.15) is 0 Å². The average Bonchev–Trinajstić information content (AvgIpc) is 3.30. The van der Waals surface area contributed by atoms with Crippen molar-refractivity contribution in [1.29, 1.82) is 0 Å². The second-order valence-corrected chi connectivity index (χ2v) is 7.30. The number of rotatable bonds is 5. The molecule has 3 rings (SSSR count). The van der Waals surface area contributed by atoms with Crippen molar-refractivity contribution in [2.24, 2.45) is 11.8 Å². The van der Waals surface area contributed by atoms with E-state index in [-0.39, 0.29) is 0 Å². The minimum Gasteiger partial charge on any atom is -0.314 e. The summed E-state index contributed by atoms with van der Waals surface area (Å²) in [5.74, 6) is 2.02. The minimum atomic E-state index is 0.815. The topological polar surface area (TPSA) is 15.3 Å². The third kappa shape index (κ3) is 3.95. The smallest absolute Gasteiger partial charge is 0.00952 e. The lowest BCUT2D eigenvalue weighted by Crippen LogP contribution is -2.48. The van der Waals surface area contributed by atoms with Crippen molar-refractivity contribution in [3.05, 3.63) is 0 Å². The van der Waals surface area contributed by atoms with Crippen LogP contribution in [0, 0.1) is 11.8 Å². The second-order valence-electron chi connectivity index (χ2n) is 7.30. The molecule has 1 heterocycles. The van der Waals surface area contributed by atoms with Crippen LogP contribution < -0.4 is 5.32 Å². The molecule has 19 heavy (non-hydrogen) atoms. The molecule has 0 radical (unpaired) electrons. The molecule has 0 aromatic carbocycles. The van der Waals surface area contributed by atoms with E-state index in [1.165, 1.54) is 77.4 Å². The van der Waals surface area contributed by atoms with Gasteiger partial charge in [0.25, 0.3) is 0 Å². The Kier molecular flexibility index (Phi) is 4.81. The summed E-state index contributed by atoms with van der Waals surface area (Å²) in [4.78, 5) is 2.78. The fourth-order valence-electron chi connectivity index (χ4n) is 4.08. The van der Waals surface area contributed by atoms with Crippen LogP contribution in [0.3, 0.4) is 0 Å². The third-order valence-corrected chi connectivity index (χ3v) is 5.83. The largest absolute Gasteiger partial charge is 0.314 e. The van der Waals surface area contributed by atoms with Crippen LogP contribution in [0.2, 0.25) is 0 Å². The Morgan fingerprint density at radius 1 is 0.947 bits per heavy atom. The first-order chi connectivity index (χ1) is 9.33. The molecule has 0 amide bonds. The summed E-state index contributed by atoms with van der Waals surface area (Å²) >= 11 is 0. The van der Waals surface area contributed by atoms with E-state index in [1.807, 2.05) is 0 Å². The van der Waals surface area contributed by atoms with Gasteiger partial charge >= 0.3 is 0 Å². The number of hydrogen-bond donors (Lipinski definition) is 1. The maximum Gasteiger partial charge on any atom is 0.00952 e. The zero-order valence-corrected chi connectivity index (χ0v) is 12.7. The fourth-order valence-corrected chi connectivity index (χ4v) is 4.08. The zero-order chi connectivity index (χ0) is 13.1. The number of piperidine rings is 1. The van der Waals surface area contributed by atoms with Gasteiger partial charge in [-0.15, -0.1) is 0 Å². The molecule has 0 bridgehead atoms. The molecule has 0 spiro atoms. The Bertz CT molecular complexity index is 260. The summed E-state index contributed by atoms with van der Waals surface area (Å²) in [6, 6.07) is 1.65. The van der Waals surface area contributed by atoms with E-state index in [0.29, 0.717) is 0 Å². The van der Waals surface area contributed by atoms with Gasteiger partial charge in [-0.25, -0.2) is 0 Å². The van der Waals surface area contributed by atoms with Crippen molar-refractivity contribution in [2.75, 3.05) is 19.6 Å². The highest BCUT2D eigenvalue weighted by molar-refractivity contribution is 4.85. The van der Waals surface area contributed by atoms with E-state index in [0.717, 1.165) is 23.9 Å². The number of likely N-dealkylation sites (tertiary alicyclic amines) is 1. The Morgan fingerprint density at radius 3 is 2.26 bits per heavy atom. The molecule has 1 aliphatic heterocycles. The second kappa shape index (κ2) is 6.58. The van der Waals surface area contributed by atoms with E-state index in [9.17, 15) is 0 Å². The van der Waals surface area contributed by atoms with Crippen molar-refractivity contribution in [1.82, 2.24) is 10.2 Å². The molecule has 1 unspecified atom stereocenters. The zero-order valence-electron chi connectivity index (χ0n) is 12.7. The van der Waals surface area contributed by atoms with Crippen LogP contribution in [0.1, 0.15) is 64.7 Å². The molecular formula is C17H32N2. The lowest BCUT2D eigenvalue weighted by atomic mass is 9.83. The first-order valence-corrected chi connectivity index (χ1v) is 8.80. The first kappa shape index (κ1) is 13.9. The summed E-state index contributed by atoms with van der Waals surface area (Å²) in [6.07, 6.45) is 13.1. The number of hydrogen-bond acceptors (Lipinski definition) is 2. The molecule has 2 nitrogen and oxygen atoms in total. The van der Waals surface area contributed by atoms with Gasteiger partial charge in [0.15, 0.2) is 0 Å². The van der Waals surface area contributed by atoms with Crippen LogP contribution in [0.25, 0.3) is 0 Å². The molecule has 1 N–H and O–H groups in total. The van der Waals surface area contributed by atoms with Crippen molar-refractivity contribution in [3.8, 4) is 0 Å². The summed E-state index contributed by atoms with van der Waals surface area (Å²) in [7, 11) is 0. The Balaban J connectivity index is 1.38. The molecule has 3 aliphatic rings. The fraction of sp³-hybridized carbons (Fsp3) is 1.00. The van der Waals surface area contributed by atoms with Gasteiger partial charge in [-0.3, -0.25) is 0 Å². The predicted octanol–water partition coefficient (Wildman–Crippen LogP) is 3.42. The van der Waals surface area contributed by atoms with Gasteiger partial charge < -0.3 is 10.2 Å². The monoisotopic (exact) mass is 264 g/mol. The van der Waals surface area contributed by atoms with Crippen LogP contribution in [-0.2, 0) is 0 Å². The van der Waals surface area contributed by atoms with Crippen molar-refractivity contribution in [3.63, 3.8) is 0 Å². The Labute approximate surface area is 119 Å². The van der Waals surface area contributed by atoms with Gasteiger partial charge in [0, 0.05) is 12.1 Å². The van der Waals surface area contributed by atoms with Crippen LogP contribution >= 0.6 is 0 Å². The van der Waals surface area contributed by atoms with Crippen LogP contribution in [0.15, 0.2) is 0 Å². The molecule has 1 saturated heterocycles. The van der Waals surface area contributed by atoms with Crippen molar-refractivity contribution >= 4 is 0 Å². The molecule has 0 aromatic rings. The highest BCUT2D eigenvalue weighted by atomic mass is 15.2.